The Morgan fingerprint density at radius 3 is 2.29 bits per heavy atom. The summed E-state index contributed by atoms with van der Waals surface area (Å²) in [5, 5.41) is 1.58. The molecule has 1 nitrogen and oxygen atoms in total. The lowest BCUT2D eigenvalue weighted by Gasteiger charge is -2.41. The molecule has 2 unspecified atom stereocenters. The summed E-state index contributed by atoms with van der Waals surface area (Å²) in [4.78, 5) is 2.70. The van der Waals surface area contributed by atoms with E-state index < -0.39 is 8.07 Å². The lowest BCUT2D eigenvalue weighted by molar-refractivity contribution is 0.0820. The Labute approximate surface area is 131 Å². The predicted octanol–water partition coefficient (Wildman–Crippen LogP) is 4.24. The predicted molar refractivity (Wildman–Crippen MR) is 94.8 cm³/mol. The van der Waals surface area contributed by atoms with Crippen molar-refractivity contribution in [1.29, 1.82) is 0 Å². The van der Waals surface area contributed by atoms with Crippen molar-refractivity contribution in [3.8, 4) is 0 Å². The van der Waals surface area contributed by atoms with Crippen molar-refractivity contribution in [2.24, 2.45) is 11.8 Å². The normalized spacial score (nSPS) is 27.4. The molecule has 21 heavy (non-hydrogen) atoms. The van der Waals surface area contributed by atoms with Gasteiger partial charge in [0.2, 0.25) is 0 Å². The Morgan fingerprint density at radius 1 is 0.952 bits per heavy atom. The molecule has 2 atom stereocenters. The molecule has 1 heterocycles. The van der Waals surface area contributed by atoms with Gasteiger partial charge in [-0.25, -0.2) is 0 Å². The van der Waals surface area contributed by atoms with Crippen LogP contribution >= 0.6 is 0 Å². The molecule has 0 radical (unpaired) electrons. The molecule has 0 N–H and O–H groups in total. The van der Waals surface area contributed by atoms with E-state index in [1.54, 1.807) is 5.19 Å². The van der Waals surface area contributed by atoms with E-state index in [9.17, 15) is 0 Å². The minimum Gasteiger partial charge on any atom is -0.299 e. The average Bonchev–Trinajstić information content (AvgIpc) is 2.47. The monoisotopic (exact) mass is 301 g/mol. The molecule has 1 aliphatic carbocycles. The third kappa shape index (κ3) is 3.78. The first-order chi connectivity index (χ1) is 10.0. The molecule has 1 saturated carbocycles. The second kappa shape index (κ2) is 6.25. The zero-order valence-corrected chi connectivity index (χ0v) is 15.1. The first-order valence-corrected chi connectivity index (χ1v) is 12.3. The van der Waals surface area contributed by atoms with Crippen LogP contribution in [0.15, 0.2) is 24.3 Å². The van der Waals surface area contributed by atoms with Crippen LogP contribution in [-0.4, -0.2) is 26.1 Å². The Kier molecular flexibility index (Phi) is 4.56. The van der Waals surface area contributed by atoms with Crippen molar-refractivity contribution in [3.05, 3.63) is 29.8 Å². The van der Waals surface area contributed by atoms with Crippen LogP contribution in [0.4, 0.5) is 0 Å². The van der Waals surface area contributed by atoms with E-state index in [0.717, 1.165) is 18.4 Å². The average molecular weight is 302 g/mol. The first-order valence-electron chi connectivity index (χ1n) is 8.84. The third-order valence-electron chi connectivity index (χ3n) is 5.60. The summed E-state index contributed by atoms with van der Waals surface area (Å²) < 4.78 is 0. The van der Waals surface area contributed by atoms with E-state index in [-0.39, 0.29) is 0 Å². The Balaban J connectivity index is 1.59. The summed E-state index contributed by atoms with van der Waals surface area (Å²) >= 11 is 0. The minimum atomic E-state index is -1.15. The van der Waals surface area contributed by atoms with E-state index in [1.807, 2.05) is 0 Å². The molecule has 0 amide bonds. The number of hydrogen-bond acceptors (Lipinski definition) is 1. The Morgan fingerprint density at radius 2 is 1.62 bits per heavy atom. The maximum Gasteiger partial charge on any atom is 0.0775 e. The molecular formula is C19H31NSi. The number of piperidine rings is 1. The van der Waals surface area contributed by atoms with Gasteiger partial charge in [-0.1, -0.05) is 68.4 Å². The van der Waals surface area contributed by atoms with Crippen LogP contribution in [0.5, 0.6) is 0 Å². The van der Waals surface area contributed by atoms with Gasteiger partial charge in [-0.2, -0.15) is 0 Å². The maximum absolute atomic E-state index is 2.70. The van der Waals surface area contributed by atoms with Crippen LogP contribution in [0.3, 0.4) is 0 Å². The van der Waals surface area contributed by atoms with Gasteiger partial charge in [0.25, 0.3) is 0 Å². The van der Waals surface area contributed by atoms with Crippen LogP contribution in [0.25, 0.3) is 0 Å². The number of rotatable bonds is 3. The molecule has 3 rings (SSSR count). The summed E-state index contributed by atoms with van der Waals surface area (Å²) in [5.74, 6) is 2.04. The fraction of sp³-hybridized carbons (Fsp3) is 0.684. The van der Waals surface area contributed by atoms with Gasteiger partial charge in [0, 0.05) is 13.1 Å². The fourth-order valence-corrected chi connectivity index (χ4v) is 5.35. The highest BCUT2D eigenvalue weighted by molar-refractivity contribution is 6.88. The summed E-state index contributed by atoms with van der Waals surface area (Å²) in [6.07, 6.45) is 7.38. The Hall–Kier alpha value is -0.603. The molecule has 1 aromatic rings. The molecule has 116 valence electrons. The zero-order valence-electron chi connectivity index (χ0n) is 14.1. The largest absolute Gasteiger partial charge is 0.299 e. The van der Waals surface area contributed by atoms with E-state index in [1.165, 1.54) is 50.8 Å². The molecular weight excluding hydrogens is 270 g/mol. The number of hydrogen-bond donors (Lipinski definition) is 0. The van der Waals surface area contributed by atoms with Crippen molar-refractivity contribution in [1.82, 2.24) is 4.90 Å². The van der Waals surface area contributed by atoms with Gasteiger partial charge in [-0.05, 0) is 36.8 Å². The molecule has 0 spiro atoms. The van der Waals surface area contributed by atoms with Gasteiger partial charge in [0.15, 0.2) is 0 Å². The van der Waals surface area contributed by atoms with Crippen molar-refractivity contribution in [3.63, 3.8) is 0 Å². The highest BCUT2D eigenvalue weighted by atomic mass is 28.3. The third-order valence-corrected chi connectivity index (χ3v) is 7.67. The smallest absolute Gasteiger partial charge is 0.0775 e. The SMILES string of the molecule is C[Si](C)(C)c1ccc(CN2CCC3CCCCC3C2)cc1. The molecule has 1 aliphatic heterocycles. The van der Waals surface area contributed by atoms with Gasteiger partial charge in [0.1, 0.15) is 0 Å². The zero-order chi connectivity index (χ0) is 14.9. The van der Waals surface area contributed by atoms with Crippen LogP contribution in [-0.2, 0) is 6.54 Å². The fourth-order valence-electron chi connectivity index (χ4n) is 4.19. The lowest BCUT2D eigenvalue weighted by Crippen LogP contribution is -2.41. The second-order valence-electron chi connectivity index (χ2n) is 8.28. The highest BCUT2D eigenvalue weighted by Gasteiger charge is 2.30. The van der Waals surface area contributed by atoms with Gasteiger partial charge in [-0.3, -0.25) is 4.90 Å². The van der Waals surface area contributed by atoms with Gasteiger partial charge in [0.05, 0.1) is 8.07 Å². The maximum atomic E-state index is 2.70. The van der Waals surface area contributed by atoms with E-state index >= 15 is 0 Å². The van der Waals surface area contributed by atoms with Crippen molar-refractivity contribution >= 4 is 13.3 Å². The van der Waals surface area contributed by atoms with Crippen molar-refractivity contribution in [2.75, 3.05) is 13.1 Å². The van der Waals surface area contributed by atoms with Crippen molar-refractivity contribution in [2.45, 2.75) is 58.3 Å². The molecule has 2 heteroatoms. The van der Waals surface area contributed by atoms with Crippen LogP contribution in [0, 0.1) is 11.8 Å². The van der Waals surface area contributed by atoms with Crippen molar-refractivity contribution < 1.29 is 0 Å². The van der Waals surface area contributed by atoms with Crippen LogP contribution in [0.1, 0.15) is 37.7 Å². The van der Waals surface area contributed by atoms with E-state index in [0.29, 0.717) is 0 Å². The molecule has 1 saturated heterocycles. The summed E-state index contributed by atoms with van der Waals surface area (Å²) in [6, 6.07) is 9.52. The number of nitrogens with zero attached hydrogens (tertiary/aromatic N) is 1. The lowest BCUT2D eigenvalue weighted by atomic mass is 9.75. The number of fused-ring (bicyclic) bond motifs is 1. The molecule has 2 aliphatic rings. The quantitative estimate of drug-likeness (QED) is 0.755. The number of likely N-dealkylation sites (tertiary alicyclic amines) is 1. The topological polar surface area (TPSA) is 3.24 Å². The second-order valence-corrected chi connectivity index (χ2v) is 13.4. The standard InChI is InChI=1S/C19H31NSi/c1-21(2,3)19-10-8-16(9-11-19)14-20-13-12-17-6-4-5-7-18(17)15-20/h8-11,17-18H,4-7,12-15H2,1-3H3. The summed E-state index contributed by atoms with van der Waals surface area (Å²) in [5.41, 5.74) is 1.51. The van der Waals surface area contributed by atoms with E-state index in [2.05, 4.69) is 48.8 Å². The number of benzene rings is 1. The molecule has 0 aromatic heterocycles. The summed E-state index contributed by atoms with van der Waals surface area (Å²) in [6.45, 7) is 11.1. The van der Waals surface area contributed by atoms with Crippen LogP contribution < -0.4 is 5.19 Å². The first kappa shape index (κ1) is 15.3. The molecule has 1 aromatic carbocycles. The Bertz CT molecular complexity index is 459. The molecule has 2 fully saturated rings. The minimum absolute atomic E-state index is 0.994. The highest BCUT2D eigenvalue weighted by Crippen LogP contribution is 2.36. The van der Waals surface area contributed by atoms with Gasteiger partial charge < -0.3 is 0 Å². The molecule has 0 bridgehead atoms. The van der Waals surface area contributed by atoms with Gasteiger partial charge in [-0.15, -0.1) is 0 Å². The van der Waals surface area contributed by atoms with Crippen LogP contribution in [0.2, 0.25) is 19.6 Å². The van der Waals surface area contributed by atoms with Gasteiger partial charge >= 0.3 is 0 Å². The summed E-state index contributed by atoms with van der Waals surface area (Å²) in [7, 11) is -1.15. The van der Waals surface area contributed by atoms with E-state index in [4.69, 9.17) is 0 Å².